The SMILES string of the molecule is COCCOc1cc(-c2ncc(NC(=O)Nc3cc(C(F)(F)F)c(CN4CCN(C)CC4)cc3F)c(C)n2)cnc1OCc1ccc(OC)cc1. The zero-order valence-corrected chi connectivity index (χ0v) is 28.6. The van der Waals surface area contributed by atoms with Crippen LogP contribution in [0.2, 0.25) is 0 Å². The van der Waals surface area contributed by atoms with Crippen LogP contribution in [0.15, 0.2) is 54.9 Å². The lowest BCUT2D eigenvalue weighted by atomic mass is 10.0. The number of nitrogens with zero attached hydrogens (tertiary/aromatic N) is 5. The van der Waals surface area contributed by atoms with Gasteiger partial charge in [-0.05, 0) is 55.4 Å². The molecule has 5 rings (SSSR count). The van der Waals surface area contributed by atoms with Crippen molar-refractivity contribution in [3.8, 4) is 28.8 Å². The maximum atomic E-state index is 15.1. The second-order valence-corrected chi connectivity index (χ2v) is 11.8. The molecule has 1 aliphatic heterocycles. The van der Waals surface area contributed by atoms with Gasteiger partial charge in [-0.25, -0.2) is 24.1 Å². The third-order valence-corrected chi connectivity index (χ3v) is 8.12. The van der Waals surface area contributed by atoms with Crippen molar-refractivity contribution in [1.82, 2.24) is 24.8 Å². The van der Waals surface area contributed by atoms with E-state index in [4.69, 9.17) is 18.9 Å². The molecule has 16 heteroatoms. The second-order valence-electron chi connectivity index (χ2n) is 11.8. The number of methoxy groups -OCH3 is 2. The molecule has 0 saturated carbocycles. The van der Waals surface area contributed by atoms with Gasteiger partial charge < -0.3 is 34.5 Å². The first-order chi connectivity index (χ1) is 24.4. The second kappa shape index (κ2) is 16.8. The zero-order valence-electron chi connectivity index (χ0n) is 28.6. The number of hydrogen-bond donors (Lipinski definition) is 2. The largest absolute Gasteiger partial charge is 0.497 e. The number of halogens is 4. The molecule has 1 aliphatic rings. The number of carbonyl (C=O) groups excluding carboxylic acids is 1. The number of anilines is 2. The molecule has 0 atom stereocenters. The number of urea groups is 1. The molecular formula is C35H39F4N7O5. The standard InChI is InChI=1S/C35H39F4N7O5/c1-22-30(44-34(47)43-29-17-27(35(37,38)39)25(15-28(29)36)20-46-11-9-45(2)10-12-46)19-40-32(42-22)24-16-31(50-14-13-48-3)33(41-18-24)51-21-23-5-7-26(49-4)8-6-23/h5-8,15-19H,9-14,20-21H2,1-4H3,(H2,43,44,47). The molecule has 2 N–H and O–H groups in total. The zero-order chi connectivity index (χ0) is 36.5. The summed E-state index contributed by atoms with van der Waals surface area (Å²) in [5.74, 6) is 0.553. The van der Waals surface area contributed by atoms with Crippen LogP contribution in [0.3, 0.4) is 0 Å². The molecule has 1 fully saturated rings. The average Bonchev–Trinajstić information content (AvgIpc) is 3.10. The number of aromatic nitrogens is 3. The Labute approximate surface area is 292 Å². The summed E-state index contributed by atoms with van der Waals surface area (Å²) in [5, 5.41) is 4.67. The summed E-state index contributed by atoms with van der Waals surface area (Å²) in [6.45, 7) is 4.81. The Morgan fingerprint density at radius 3 is 2.31 bits per heavy atom. The monoisotopic (exact) mass is 713 g/mol. The van der Waals surface area contributed by atoms with Gasteiger partial charge in [0.15, 0.2) is 11.6 Å². The van der Waals surface area contributed by atoms with Crippen LogP contribution < -0.4 is 24.8 Å². The lowest BCUT2D eigenvalue weighted by Crippen LogP contribution is -2.44. The van der Waals surface area contributed by atoms with E-state index in [2.05, 4.69) is 30.5 Å². The number of likely N-dealkylation sites (N-methyl/N-ethyl adjacent to an activating group) is 1. The molecule has 2 aromatic heterocycles. The van der Waals surface area contributed by atoms with Gasteiger partial charge in [0.25, 0.3) is 5.88 Å². The van der Waals surface area contributed by atoms with Gasteiger partial charge in [-0.1, -0.05) is 12.1 Å². The topological polar surface area (TPSA) is 123 Å². The number of rotatable bonds is 13. The van der Waals surface area contributed by atoms with Crippen LogP contribution in [0.1, 0.15) is 22.4 Å². The molecule has 12 nitrogen and oxygen atoms in total. The number of pyridine rings is 1. The number of aryl methyl sites for hydroxylation is 1. The maximum Gasteiger partial charge on any atom is 0.416 e. The van der Waals surface area contributed by atoms with Crippen molar-refractivity contribution in [1.29, 1.82) is 0 Å². The van der Waals surface area contributed by atoms with Crippen LogP contribution in [0, 0.1) is 12.7 Å². The van der Waals surface area contributed by atoms with E-state index in [1.165, 1.54) is 12.4 Å². The van der Waals surface area contributed by atoms with Crippen LogP contribution in [0.25, 0.3) is 11.4 Å². The lowest BCUT2D eigenvalue weighted by molar-refractivity contribution is -0.138. The number of alkyl halides is 3. The minimum Gasteiger partial charge on any atom is -0.497 e. The fourth-order valence-corrected chi connectivity index (χ4v) is 5.23. The van der Waals surface area contributed by atoms with Gasteiger partial charge in [0.1, 0.15) is 24.8 Å². The van der Waals surface area contributed by atoms with Crippen LogP contribution >= 0.6 is 0 Å². The minimum atomic E-state index is -4.76. The molecule has 2 amide bonds. The molecule has 1 saturated heterocycles. The van der Waals surface area contributed by atoms with Gasteiger partial charge in [-0.15, -0.1) is 0 Å². The van der Waals surface area contributed by atoms with Gasteiger partial charge in [0.05, 0.1) is 42.5 Å². The lowest BCUT2D eigenvalue weighted by Gasteiger charge is -2.33. The van der Waals surface area contributed by atoms with E-state index >= 15 is 4.39 Å². The Balaban J connectivity index is 1.28. The Hall–Kier alpha value is -5.06. The first-order valence-corrected chi connectivity index (χ1v) is 16.0. The highest BCUT2D eigenvalue weighted by Crippen LogP contribution is 2.36. The van der Waals surface area contributed by atoms with Crippen LogP contribution in [0.4, 0.5) is 33.7 Å². The number of carbonyl (C=O) groups is 1. The Kier molecular flexibility index (Phi) is 12.2. The number of nitrogens with one attached hydrogen (secondary N) is 2. The first-order valence-electron chi connectivity index (χ1n) is 16.0. The molecule has 0 unspecified atom stereocenters. The van der Waals surface area contributed by atoms with Crippen molar-refractivity contribution in [3.05, 3.63) is 83.1 Å². The van der Waals surface area contributed by atoms with Crippen LogP contribution in [-0.4, -0.2) is 91.4 Å². The van der Waals surface area contributed by atoms with E-state index in [9.17, 15) is 18.0 Å². The fraction of sp³-hybridized carbons (Fsp3) is 0.371. The first kappa shape index (κ1) is 37.2. The molecule has 2 aromatic carbocycles. The van der Waals surface area contributed by atoms with Crippen molar-refractivity contribution in [3.63, 3.8) is 0 Å². The Bertz CT molecular complexity index is 1800. The number of hydrogen-bond acceptors (Lipinski definition) is 10. The molecule has 0 aliphatic carbocycles. The minimum absolute atomic E-state index is 0.0648. The van der Waals surface area contributed by atoms with Gasteiger partial charge in [-0.3, -0.25) is 4.90 Å². The molecule has 0 bridgehead atoms. The van der Waals surface area contributed by atoms with Crippen molar-refractivity contribution in [2.24, 2.45) is 0 Å². The Morgan fingerprint density at radius 2 is 1.65 bits per heavy atom. The molecule has 0 radical (unpaired) electrons. The van der Waals surface area contributed by atoms with E-state index in [1.54, 1.807) is 27.2 Å². The van der Waals surface area contributed by atoms with E-state index in [1.807, 2.05) is 36.2 Å². The highest BCUT2D eigenvalue weighted by molar-refractivity contribution is 6.00. The number of amides is 2. The highest BCUT2D eigenvalue weighted by atomic mass is 19.4. The third-order valence-electron chi connectivity index (χ3n) is 8.12. The molecule has 272 valence electrons. The molecule has 4 aromatic rings. The predicted molar refractivity (Wildman–Crippen MR) is 182 cm³/mol. The molecule has 0 spiro atoms. The smallest absolute Gasteiger partial charge is 0.416 e. The summed E-state index contributed by atoms with van der Waals surface area (Å²) in [6.07, 6.45) is -1.92. The van der Waals surface area contributed by atoms with Gasteiger partial charge in [0.2, 0.25) is 0 Å². The summed E-state index contributed by atoms with van der Waals surface area (Å²) in [5.41, 5.74) is 0.0269. The van der Waals surface area contributed by atoms with Crippen molar-refractivity contribution in [2.45, 2.75) is 26.3 Å². The normalized spacial score (nSPS) is 13.9. The van der Waals surface area contributed by atoms with Crippen molar-refractivity contribution >= 4 is 17.4 Å². The van der Waals surface area contributed by atoms with Crippen molar-refractivity contribution in [2.75, 3.05) is 71.3 Å². The molecule has 3 heterocycles. The molecular weight excluding hydrogens is 674 g/mol. The summed E-state index contributed by atoms with van der Waals surface area (Å²) >= 11 is 0. The van der Waals surface area contributed by atoms with Gasteiger partial charge >= 0.3 is 12.2 Å². The van der Waals surface area contributed by atoms with E-state index in [0.717, 1.165) is 17.4 Å². The van der Waals surface area contributed by atoms with Gasteiger partial charge in [0, 0.05) is 51.6 Å². The quantitative estimate of drug-likeness (QED) is 0.126. The fourth-order valence-electron chi connectivity index (χ4n) is 5.23. The van der Waals surface area contributed by atoms with E-state index < -0.39 is 29.3 Å². The predicted octanol–water partition coefficient (Wildman–Crippen LogP) is 6.01. The third kappa shape index (κ3) is 10.0. The van der Waals surface area contributed by atoms with Crippen LogP contribution in [0.5, 0.6) is 17.4 Å². The molecule has 51 heavy (non-hydrogen) atoms. The summed E-state index contributed by atoms with van der Waals surface area (Å²) in [4.78, 5) is 30.0. The summed E-state index contributed by atoms with van der Waals surface area (Å²) in [7, 11) is 5.07. The van der Waals surface area contributed by atoms with Crippen LogP contribution in [-0.2, 0) is 24.1 Å². The Morgan fingerprint density at radius 1 is 0.922 bits per heavy atom. The number of benzene rings is 2. The number of piperazine rings is 1. The van der Waals surface area contributed by atoms with E-state index in [-0.39, 0.29) is 42.7 Å². The van der Waals surface area contributed by atoms with Gasteiger partial charge in [-0.2, -0.15) is 13.2 Å². The van der Waals surface area contributed by atoms with E-state index in [0.29, 0.717) is 55.9 Å². The maximum absolute atomic E-state index is 15.1. The summed E-state index contributed by atoms with van der Waals surface area (Å²) in [6, 6.07) is 9.52. The highest BCUT2D eigenvalue weighted by Gasteiger charge is 2.35. The number of ether oxygens (including phenoxy) is 4. The van der Waals surface area contributed by atoms with Crippen molar-refractivity contribution < 1.29 is 41.3 Å². The summed E-state index contributed by atoms with van der Waals surface area (Å²) < 4.78 is 79.2. The average molecular weight is 714 g/mol.